The van der Waals surface area contributed by atoms with E-state index in [1.807, 2.05) is 24.3 Å². The highest BCUT2D eigenvalue weighted by atomic mass is 32.1. The molecule has 0 saturated carbocycles. The summed E-state index contributed by atoms with van der Waals surface area (Å²) in [6.45, 7) is -2.50. The van der Waals surface area contributed by atoms with Crippen molar-refractivity contribution in [3.05, 3.63) is 65.2 Å². The van der Waals surface area contributed by atoms with Crippen LogP contribution in [-0.4, -0.2) is 17.5 Å². The molecule has 1 N–H and O–H groups in total. The lowest BCUT2D eigenvalue weighted by Crippen LogP contribution is -2.19. The molecule has 3 rings (SSSR count). The van der Waals surface area contributed by atoms with Crippen molar-refractivity contribution in [3.8, 4) is 5.75 Å². The number of carbonyl (C=O) groups is 1. The lowest BCUT2D eigenvalue weighted by Gasteiger charge is -2.03. The van der Waals surface area contributed by atoms with Gasteiger partial charge in [0, 0.05) is 6.08 Å². The standard InChI is InChI=1S/C18H14F2N2O2S/c19-18(20)24-13-8-5-12(6-9-13)7-10-16(23)21-11-17-22-14-3-1-2-4-15(14)25-17/h1-10,18H,11H2,(H,21,23)/b10-7+. The second-order valence-corrected chi connectivity index (χ2v) is 6.19. The van der Waals surface area contributed by atoms with Crippen LogP contribution in [0.2, 0.25) is 0 Å². The first-order valence-corrected chi connectivity index (χ1v) is 8.27. The molecule has 0 bridgehead atoms. The molecule has 0 radical (unpaired) electrons. The Morgan fingerprint density at radius 2 is 1.96 bits per heavy atom. The second-order valence-electron chi connectivity index (χ2n) is 5.07. The van der Waals surface area contributed by atoms with Crippen LogP contribution >= 0.6 is 11.3 Å². The van der Waals surface area contributed by atoms with E-state index in [9.17, 15) is 13.6 Å². The zero-order valence-corrected chi connectivity index (χ0v) is 13.8. The predicted octanol–water partition coefficient (Wildman–Crippen LogP) is 4.23. The molecule has 0 atom stereocenters. The number of para-hydroxylation sites is 1. The summed E-state index contributed by atoms with van der Waals surface area (Å²) in [4.78, 5) is 16.3. The van der Waals surface area contributed by atoms with Gasteiger partial charge < -0.3 is 10.1 Å². The number of hydrogen-bond acceptors (Lipinski definition) is 4. The topological polar surface area (TPSA) is 51.2 Å². The van der Waals surface area contributed by atoms with Gasteiger partial charge >= 0.3 is 6.61 Å². The summed E-state index contributed by atoms with van der Waals surface area (Å²) in [6.07, 6.45) is 2.98. The maximum atomic E-state index is 12.1. The Bertz CT molecular complexity index is 858. The van der Waals surface area contributed by atoms with Crippen molar-refractivity contribution in [1.82, 2.24) is 10.3 Å². The van der Waals surface area contributed by atoms with E-state index in [0.29, 0.717) is 12.1 Å². The van der Waals surface area contributed by atoms with Gasteiger partial charge in [-0.2, -0.15) is 8.78 Å². The lowest BCUT2D eigenvalue weighted by atomic mass is 10.2. The van der Waals surface area contributed by atoms with E-state index in [2.05, 4.69) is 15.0 Å². The van der Waals surface area contributed by atoms with Crippen molar-refractivity contribution in [3.63, 3.8) is 0 Å². The smallest absolute Gasteiger partial charge is 0.387 e. The average Bonchev–Trinajstić information content (AvgIpc) is 3.02. The number of alkyl halides is 2. The molecule has 0 unspecified atom stereocenters. The molecule has 1 heterocycles. The van der Waals surface area contributed by atoms with Crippen molar-refractivity contribution in [1.29, 1.82) is 0 Å². The molecule has 3 aromatic rings. The van der Waals surface area contributed by atoms with Crippen LogP contribution in [0.25, 0.3) is 16.3 Å². The van der Waals surface area contributed by atoms with Gasteiger partial charge in [-0.25, -0.2) is 4.98 Å². The zero-order chi connectivity index (χ0) is 17.6. The highest BCUT2D eigenvalue weighted by molar-refractivity contribution is 7.18. The highest BCUT2D eigenvalue weighted by Gasteiger charge is 2.05. The number of thiazole rings is 1. The first-order valence-electron chi connectivity index (χ1n) is 7.45. The van der Waals surface area contributed by atoms with Gasteiger partial charge in [0.1, 0.15) is 10.8 Å². The summed E-state index contributed by atoms with van der Waals surface area (Å²) in [7, 11) is 0. The van der Waals surface area contributed by atoms with Gasteiger partial charge in [-0.3, -0.25) is 4.79 Å². The summed E-state index contributed by atoms with van der Waals surface area (Å²) >= 11 is 1.54. The molecule has 0 spiro atoms. The van der Waals surface area contributed by atoms with Crippen LogP contribution in [-0.2, 0) is 11.3 Å². The molecule has 128 valence electrons. The number of halogens is 2. The number of carbonyl (C=O) groups excluding carboxylic acids is 1. The van der Waals surface area contributed by atoms with Crippen molar-refractivity contribution in [2.45, 2.75) is 13.2 Å². The Hall–Kier alpha value is -2.80. The van der Waals surface area contributed by atoms with Gasteiger partial charge in [0.2, 0.25) is 5.91 Å². The Kier molecular flexibility index (Phi) is 5.35. The van der Waals surface area contributed by atoms with Gasteiger partial charge in [0.25, 0.3) is 0 Å². The number of benzene rings is 2. The quantitative estimate of drug-likeness (QED) is 0.670. The number of aromatic nitrogens is 1. The number of fused-ring (bicyclic) bond motifs is 1. The predicted molar refractivity (Wildman–Crippen MR) is 93.6 cm³/mol. The Balaban J connectivity index is 1.53. The van der Waals surface area contributed by atoms with Crippen molar-refractivity contribution < 1.29 is 18.3 Å². The summed E-state index contributed by atoms with van der Waals surface area (Å²) in [5, 5.41) is 3.60. The molecule has 0 fully saturated rings. The van der Waals surface area contributed by atoms with E-state index in [4.69, 9.17) is 0 Å². The van der Waals surface area contributed by atoms with Gasteiger partial charge in [-0.05, 0) is 35.9 Å². The molecule has 1 aromatic heterocycles. The van der Waals surface area contributed by atoms with E-state index in [1.54, 1.807) is 18.2 Å². The monoisotopic (exact) mass is 360 g/mol. The molecule has 25 heavy (non-hydrogen) atoms. The van der Waals surface area contributed by atoms with Crippen molar-refractivity contribution >= 4 is 33.5 Å². The highest BCUT2D eigenvalue weighted by Crippen LogP contribution is 2.21. The molecular formula is C18H14F2N2O2S. The second kappa shape index (κ2) is 7.85. The fraction of sp³-hybridized carbons (Fsp3) is 0.111. The average molecular weight is 360 g/mol. The summed E-state index contributed by atoms with van der Waals surface area (Å²) in [5.74, 6) is -0.181. The number of amides is 1. The van der Waals surface area contributed by atoms with Gasteiger partial charge in [-0.1, -0.05) is 24.3 Å². The molecule has 4 nitrogen and oxygen atoms in total. The molecule has 0 aliphatic heterocycles. The van der Waals surface area contributed by atoms with Crippen LogP contribution < -0.4 is 10.1 Å². The van der Waals surface area contributed by atoms with E-state index in [0.717, 1.165) is 15.2 Å². The summed E-state index contributed by atoms with van der Waals surface area (Å²) in [5.41, 5.74) is 1.62. The Labute approximate surface area is 146 Å². The van der Waals surface area contributed by atoms with Crippen LogP contribution in [0.5, 0.6) is 5.75 Å². The summed E-state index contributed by atoms with van der Waals surface area (Å²) < 4.78 is 29.5. The fourth-order valence-corrected chi connectivity index (χ4v) is 3.06. The maximum Gasteiger partial charge on any atom is 0.387 e. The third kappa shape index (κ3) is 4.84. The van der Waals surface area contributed by atoms with E-state index >= 15 is 0 Å². The number of rotatable bonds is 6. The maximum absolute atomic E-state index is 12.1. The minimum atomic E-state index is -2.85. The van der Waals surface area contributed by atoms with Gasteiger partial charge in [0.05, 0.1) is 16.8 Å². The molecule has 0 aliphatic carbocycles. The van der Waals surface area contributed by atoms with Gasteiger partial charge in [-0.15, -0.1) is 11.3 Å². The van der Waals surface area contributed by atoms with Crippen LogP contribution in [0.4, 0.5) is 8.78 Å². The Morgan fingerprint density at radius 1 is 1.20 bits per heavy atom. The molecule has 0 aliphatic rings. The molecular weight excluding hydrogens is 346 g/mol. The van der Waals surface area contributed by atoms with Crippen LogP contribution in [0.1, 0.15) is 10.6 Å². The largest absolute Gasteiger partial charge is 0.435 e. The lowest BCUT2D eigenvalue weighted by molar-refractivity contribution is -0.116. The first kappa shape index (κ1) is 17.0. The number of nitrogens with zero attached hydrogens (tertiary/aromatic N) is 1. The molecule has 1 amide bonds. The van der Waals surface area contributed by atoms with Crippen LogP contribution in [0.15, 0.2) is 54.6 Å². The molecule has 2 aromatic carbocycles. The fourth-order valence-electron chi connectivity index (χ4n) is 2.15. The van der Waals surface area contributed by atoms with E-state index in [-0.39, 0.29) is 11.7 Å². The first-order chi connectivity index (χ1) is 12.1. The third-order valence-electron chi connectivity index (χ3n) is 3.28. The van der Waals surface area contributed by atoms with E-state index in [1.165, 1.54) is 29.5 Å². The minimum absolute atomic E-state index is 0.0763. The van der Waals surface area contributed by atoms with Crippen LogP contribution in [0, 0.1) is 0 Å². The van der Waals surface area contributed by atoms with Crippen molar-refractivity contribution in [2.24, 2.45) is 0 Å². The number of nitrogens with one attached hydrogen (secondary N) is 1. The minimum Gasteiger partial charge on any atom is -0.435 e. The van der Waals surface area contributed by atoms with Crippen molar-refractivity contribution in [2.75, 3.05) is 0 Å². The van der Waals surface area contributed by atoms with E-state index < -0.39 is 6.61 Å². The number of hydrogen-bond donors (Lipinski definition) is 1. The van der Waals surface area contributed by atoms with Crippen LogP contribution in [0.3, 0.4) is 0 Å². The third-order valence-corrected chi connectivity index (χ3v) is 4.32. The normalized spacial score (nSPS) is 11.3. The summed E-state index contributed by atoms with van der Waals surface area (Å²) in [6, 6.07) is 13.8. The number of ether oxygens (including phenoxy) is 1. The van der Waals surface area contributed by atoms with Gasteiger partial charge in [0.15, 0.2) is 0 Å². The molecule has 0 saturated heterocycles. The zero-order valence-electron chi connectivity index (χ0n) is 13.0. The molecule has 7 heteroatoms. The Morgan fingerprint density at radius 3 is 2.68 bits per heavy atom. The SMILES string of the molecule is O=C(/C=C/c1ccc(OC(F)F)cc1)NCc1nc2ccccc2s1.